The molecule has 19 heavy (non-hydrogen) atoms. The average Bonchev–Trinajstić information content (AvgIpc) is 2.48. The van der Waals surface area contributed by atoms with E-state index in [2.05, 4.69) is 6.58 Å². The Hall–Kier alpha value is -2.48. The summed E-state index contributed by atoms with van der Waals surface area (Å²) in [5.41, 5.74) is 2.17. The lowest BCUT2D eigenvalue weighted by Crippen LogP contribution is -2.02. The smallest absolute Gasteiger partial charge is 0.193 e. The highest BCUT2D eigenvalue weighted by molar-refractivity contribution is 6.09. The minimum Gasteiger partial charge on any atom is -0.295 e. The Morgan fingerprint density at radius 3 is 2.05 bits per heavy atom. The van der Waals surface area contributed by atoms with Gasteiger partial charge in [0.15, 0.2) is 11.6 Å². The van der Waals surface area contributed by atoms with Crippen LogP contribution in [0.5, 0.6) is 0 Å². The van der Waals surface area contributed by atoms with Crippen molar-refractivity contribution in [3.63, 3.8) is 0 Å². The van der Waals surface area contributed by atoms with Crippen LogP contribution in [0.1, 0.15) is 21.5 Å². The highest BCUT2D eigenvalue weighted by atomic mass is 16.1. The minimum absolute atomic E-state index is 0.0119. The van der Waals surface area contributed by atoms with E-state index in [0.717, 1.165) is 5.56 Å². The highest BCUT2D eigenvalue weighted by Gasteiger charge is 2.08. The Bertz CT molecular complexity index is 595. The van der Waals surface area contributed by atoms with Crippen molar-refractivity contribution in [1.29, 1.82) is 0 Å². The molecular formula is C17H14O2. The van der Waals surface area contributed by atoms with E-state index in [-0.39, 0.29) is 11.6 Å². The van der Waals surface area contributed by atoms with E-state index in [1.807, 2.05) is 18.2 Å². The molecule has 0 radical (unpaired) electrons. The number of carbonyl (C=O) groups is 2. The van der Waals surface area contributed by atoms with Crippen LogP contribution in [0.15, 0.2) is 67.3 Å². The Balaban J connectivity index is 2.17. The molecule has 2 heteroatoms. The lowest BCUT2D eigenvalue weighted by atomic mass is 10.0. The lowest BCUT2D eigenvalue weighted by molar-refractivity contribution is -0.114. The summed E-state index contributed by atoms with van der Waals surface area (Å²) in [6.45, 7) is 3.44. The predicted octanol–water partition coefficient (Wildman–Crippen LogP) is 3.22. The highest BCUT2D eigenvalue weighted by Crippen LogP contribution is 2.11. The van der Waals surface area contributed by atoms with Crippen LogP contribution in [0.25, 0.3) is 0 Å². The second kappa shape index (κ2) is 5.91. The predicted molar refractivity (Wildman–Crippen MR) is 75.2 cm³/mol. The molecule has 0 atom stereocenters. The molecule has 0 spiro atoms. The third-order valence-electron chi connectivity index (χ3n) is 2.86. The van der Waals surface area contributed by atoms with E-state index < -0.39 is 0 Å². The summed E-state index contributed by atoms with van der Waals surface area (Å²) in [5, 5.41) is 0. The summed E-state index contributed by atoms with van der Waals surface area (Å²) >= 11 is 0. The molecule has 0 N–H and O–H groups in total. The number of rotatable bonds is 5. The first-order chi connectivity index (χ1) is 9.20. The summed E-state index contributed by atoms with van der Waals surface area (Å²) < 4.78 is 0. The van der Waals surface area contributed by atoms with Gasteiger partial charge in [0.1, 0.15) is 0 Å². The normalized spacial score (nSPS) is 9.89. The molecule has 0 aliphatic heterocycles. The lowest BCUT2D eigenvalue weighted by Gasteiger charge is -2.03. The van der Waals surface area contributed by atoms with E-state index in [0.29, 0.717) is 17.5 Å². The molecule has 0 unspecified atom stereocenters. The quantitative estimate of drug-likeness (QED) is 0.603. The van der Waals surface area contributed by atoms with Crippen LogP contribution in [0, 0.1) is 0 Å². The van der Waals surface area contributed by atoms with Crippen molar-refractivity contribution in [2.45, 2.75) is 6.42 Å². The van der Waals surface area contributed by atoms with Crippen LogP contribution in [-0.2, 0) is 11.2 Å². The summed E-state index contributed by atoms with van der Waals surface area (Å²) in [6, 6.07) is 16.2. The second-order valence-electron chi connectivity index (χ2n) is 4.24. The van der Waals surface area contributed by atoms with Gasteiger partial charge in [0.25, 0.3) is 0 Å². The van der Waals surface area contributed by atoms with Crippen LogP contribution < -0.4 is 0 Å². The van der Waals surface area contributed by atoms with E-state index in [1.54, 1.807) is 36.4 Å². The number of allylic oxidation sites excluding steroid dienone is 1. The molecule has 0 fully saturated rings. The topological polar surface area (TPSA) is 34.1 Å². The Morgan fingerprint density at radius 2 is 1.47 bits per heavy atom. The van der Waals surface area contributed by atoms with Gasteiger partial charge in [-0.3, -0.25) is 9.59 Å². The molecule has 0 amide bonds. The standard InChI is InChI=1S/C17H14O2/c1-2-16(18)12-13-8-10-15(11-9-13)17(19)14-6-4-3-5-7-14/h2-11H,1,12H2. The number of ketones is 2. The Morgan fingerprint density at radius 1 is 0.895 bits per heavy atom. The van der Waals surface area contributed by atoms with Gasteiger partial charge in [-0.05, 0) is 11.6 Å². The molecule has 94 valence electrons. The van der Waals surface area contributed by atoms with Crippen molar-refractivity contribution in [1.82, 2.24) is 0 Å². The average molecular weight is 250 g/mol. The van der Waals surface area contributed by atoms with Crippen LogP contribution in [0.2, 0.25) is 0 Å². The van der Waals surface area contributed by atoms with E-state index in [4.69, 9.17) is 0 Å². The maximum absolute atomic E-state index is 12.2. The number of carbonyl (C=O) groups excluding carboxylic acids is 2. The largest absolute Gasteiger partial charge is 0.295 e. The Kier molecular flexibility index (Phi) is 4.04. The molecule has 0 heterocycles. The van der Waals surface area contributed by atoms with Crippen molar-refractivity contribution >= 4 is 11.6 Å². The fraction of sp³-hybridized carbons (Fsp3) is 0.0588. The van der Waals surface area contributed by atoms with E-state index in [9.17, 15) is 9.59 Å². The SMILES string of the molecule is C=CC(=O)Cc1ccc(C(=O)c2ccccc2)cc1. The van der Waals surface area contributed by atoms with Crippen LogP contribution in [0.3, 0.4) is 0 Å². The van der Waals surface area contributed by atoms with Gasteiger partial charge in [0, 0.05) is 17.5 Å². The Labute approximate surface area is 112 Å². The van der Waals surface area contributed by atoms with E-state index >= 15 is 0 Å². The van der Waals surface area contributed by atoms with Gasteiger partial charge in [-0.1, -0.05) is 61.2 Å². The summed E-state index contributed by atoms with van der Waals surface area (Å²) in [4.78, 5) is 23.4. The van der Waals surface area contributed by atoms with Gasteiger partial charge < -0.3 is 0 Å². The maximum Gasteiger partial charge on any atom is 0.193 e. The van der Waals surface area contributed by atoms with Crippen molar-refractivity contribution in [3.05, 3.63) is 83.9 Å². The van der Waals surface area contributed by atoms with Crippen molar-refractivity contribution < 1.29 is 9.59 Å². The van der Waals surface area contributed by atoms with Gasteiger partial charge in [0.05, 0.1) is 0 Å². The van der Waals surface area contributed by atoms with Crippen molar-refractivity contribution in [2.24, 2.45) is 0 Å². The fourth-order valence-electron chi connectivity index (χ4n) is 1.80. The zero-order valence-corrected chi connectivity index (χ0v) is 10.5. The molecule has 2 rings (SSSR count). The van der Waals surface area contributed by atoms with Gasteiger partial charge in [-0.2, -0.15) is 0 Å². The van der Waals surface area contributed by atoms with Gasteiger partial charge in [-0.15, -0.1) is 0 Å². The summed E-state index contributed by atoms with van der Waals surface area (Å²) in [6.07, 6.45) is 1.63. The van der Waals surface area contributed by atoms with Crippen molar-refractivity contribution in [2.75, 3.05) is 0 Å². The molecule has 0 aromatic heterocycles. The molecule has 0 aliphatic carbocycles. The monoisotopic (exact) mass is 250 g/mol. The summed E-state index contributed by atoms with van der Waals surface area (Å²) in [5.74, 6) is -0.0377. The van der Waals surface area contributed by atoms with Gasteiger partial charge in [-0.25, -0.2) is 0 Å². The molecule has 0 saturated heterocycles. The maximum atomic E-state index is 12.2. The van der Waals surface area contributed by atoms with Crippen molar-refractivity contribution in [3.8, 4) is 0 Å². The number of hydrogen-bond acceptors (Lipinski definition) is 2. The third kappa shape index (κ3) is 3.26. The second-order valence-corrected chi connectivity index (χ2v) is 4.24. The molecule has 2 nitrogen and oxygen atoms in total. The van der Waals surface area contributed by atoms with Crippen LogP contribution >= 0.6 is 0 Å². The van der Waals surface area contributed by atoms with E-state index in [1.165, 1.54) is 6.08 Å². The zero-order chi connectivity index (χ0) is 13.7. The molecule has 2 aromatic rings. The molecule has 0 saturated carbocycles. The molecule has 0 bridgehead atoms. The van der Waals surface area contributed by atoms with Crippen LogP contribution in [0.4, 0.5) is 0 Å². The molecule has 0 aliphatic rings. The third-order valence-corrected chi connectivity index (χ3v) is 2.86. The first kappa shape index (κ1) is 13.0. The first-order valence-electron chi connectivity index (χ1n) is 6.04. The van der Waals surface area contributed by atoms with Gasteiger partial charge >= 0.3 is 0 Å². The number of benzene rings is 2. The minimum atomic E-state index is -0.0258. The first-order valence-corrected chi connectivity index (χ1v) is 6.04. The van der Waals surface area contributed by atoms with Gasteiger partial charge in [0.2, 0.25) is 0 Å². The zero-order valence-electron chi connectivity index (χ0n) is 10.5. The summed E-state index contributed by atoms with van der Waals surface area (Å²) in [7, 11) is 0. The van der Waals surface area contributed by atoms with Crippen LogP contribution in [-0.4, -0.2) is 11.6 Å². The number of hydrogen-bond donors (Lipinski definition) is 0. The fourth-order valence-corrected chi connectivity index (χ4v) is 1.80. The molecule has 2 aromatic carbocycles. The molecular weight excluding hydrogens is 236 g/mol.